The van der Waals surface area contributed by atoms with Crippen LogP contribution in [0.4, 0.5) is 5.69 Å². The van der Waals surface area contributed by atoms with Crippen LogP contribution < -0.4 is 4.90 Å². The highest BCUT2D eigenvalue weighted by atomic mass is 16.6. The molecule has 0 amide bonds. The third kappa shape index (κ3) is 5.32. The van der Waals surface area contributed by atoms with Crippen LogP contribution in [0.3, 0.4) is 0 Å². The van der Waals surface area contributed by atoms with Gasteiger partial charge in [-0.2, -0.15) is 0 Å². The van der Waals surface area contributed by atoms with Gasteiger partial charge in [0.25, 0.3) is 0 Å². The molecule has 2 saturated heterocycles. The van der Waals surface area contributed by atoms with Gasteiger partial charge >= 0.3 is 17.9 Å². The fraction of sp³-hybridized carbons (Fsp3) is 0.604. The van der Waals surface area contributed by atoms with Crippen LogP contribution in [0.2, 0.25) is 0 Å². The summed E-state index contributed by atoms with van der Waals surface area (Å²) >= 11 is 0. The molecule has 3 aromatic rings. The smallest absolute Gasteiger partial charge is 0.344 e. The molecule has 1 spiro atoms. The molecule has 5 aliphatic heterocycles. The Morgan fingerprint density at radius 1 is 0.933 bits per heavy atom. The van der Waals surface area contributed by atoms with Gasteiger partial charge in [-0.25, -0.2) is 4.79 Å². The molecule has 322 valence electrons. The number of ether oxygens (including phenoxy) is 5. The Morgan fingerprint density at radius 3 is 2.42 bits per heavy atom. The van der Waals surface area contributed by atoms with Crippen molar-refractivity contribution in [2.24, 2.45) is 17.8 Å². The average molecular weight is 823 g/mol. The van der Waals surface area contributed by atoms with Gasteiger partial charge in [-0.05, 0) is 74.9 Å². The summed E-state index contributed by atoms with van der Waals surface area (Å²) in [6.45, 7) is 15.1. The molecule has 1 aromatic heterocycles. The van der Waals surface area contributed by atoms with E-state index in [4.69, 9.17) is 23.7 Å². The quantitative estimate of drug-likeness (QED) is 0.152. The van der Waals surface area contributed by atoms with E-state index in [0.717, 1.165) is 80.0 Å². The van der Waals surface area contributed by atoms with E-state index in [2.05, 4.69) is 94.7 Å². The summed E-state index contributed by atoms with van der Waals surface area (Å²) in [6.07, 6.45) is 5.60. The molecule has 11 unspecified atom stereocenters. The number of piperidine rings is 1. The second-order valence-corrected chi connectivity index (χ2v) is 17.8. The fourth-order valence-electron chi connectivity index (χ4n) is 13.9. The Hall–Kier alpha value is -4.23. The van der Waals surface area contributed by atoms with Gasteiger partial charge in [-0.3, -0.25) is 14.5 Å². The van der Waals surface area contributed by atoms with E-state index < -0.39 is 40.5 Å². The summed E-state index contributed by atoms with van der Waals surface area (Å²) in [7, 11) is 4.95. The Morgan fingerprint density at radius 2 is 1.72 bits per heavy atom. The molecular formula is C48H62N4O8. The summed E-state index contributed by atoms with van der Waals surface area (Å²) in [6, 6.07) is 14.5. The molecule has 9 rings (SSSR count). The van der Waals surface area contributed by atoms with Gasteiger partial charge in [0, 0.05) is 105 Å². The van der Waals surface area contributed by atoms with E-state index in [-0.39, 0.29) is 42.5 Å². The lowest BCUT2D eigenvalue weighted by Gasteiger charge is -2.59. The molecule has 0 radical (unpaired) electrons. The van der Waals surface area contributed by atoms with Crippen molar-refractivity contribution in [1.82, 2.24) is 14.4 Å². The van der Waals surface area contributed by atoms with E-state index in [1.807, 2.05) is 14.0 Å². The standard InChI is InChI=1S/C48H62N4O8/c1-9-31-36-27-50(28-39(31)58-11-3)24-21-33-32-16-13-14-18-37(32)52(10-2)41(33)47(36,44(54)56-7)30-19-20-38-35(26-30)46-22-25-51-23-15-17-34(40(46)51)42(60-29(5)53)48(59-12-4,45(55)57-8)43(46)49(38)6/h13-20,26,31,34,36,39-40,42-43H,9-12,21-25,27-28H2,1-8H3. The first-order chi connectivity index (χ1) is 29.0. The number of hydrogen-bond donors (Lipinski definition) is 0. The summed E-state index contributed by atoms with van der Waals surface area (Å²) in [5.74, 6) is -1.82. The zero-order valence-electron chi connectivity index (χ0n) is 36.6. The van der Waals surface area contributed by atoms with E-state index in [1.165, 1.54) is 32.1 Å². The number of carbonyl (C=O) groups excluding carboxylic acids is 3. The molecule has 60 heavy (non-hydrogen) atoms. The lowest BCUT2D eigenvalue weighted by Crippen LogP contribution is -2.78. The highest BCUT2D eigenvalue weighted by Gasteiger charge is 2.77. The number of para-hydroxylation sites is 1. The zero-order chi connectivity index (χ0) is 42.3. The summed E-state index contributed by atoms with van der Waals surface area (Å²) < 4.78 is 33.9. The molecule has 6 heterocycles. The highest BCUT2D eigenvalue weighted by Crippen LogP contribution is 2.65. The first-order valence-corrected chi connectivity index (χ1v) is 22.3. The minimum Gasteiger partial charge on any atom is -0.468 e. The minimum absolute atomic E-state index is 0.0512. The third-order valence-corrected chi connectivity index (χ3v) is 15.6. The maximum Gasteiger partial charge on any atom is 0.344 e. The fourth-order valence-corrected chi connectivity index (χ4v) is 13.9. The van der Waals surface area contributed by atoms with Crippen molar-refractivity contribution in [3.63, 3.8) is 0 Å². The van der Waals surface area contributed by atoms with Crippen LogP contribution >= 0.6 is 0 Å². The number of hydrogen-bond acceptors (Lipinski definition) is 11. The Kier molecular flexibility index (Phi) is 10.5. The van der Waals surface area contributed by atoms with Crippen molar-refractivity contribution in [2.45, 2.75) is 101 Å². The Balaban J connectivity index is 1.37. The highest BCUT2D eigenvalue weighted by molar-refractivity contribution is 5.95. The number of carbonyl (C=O) groups is 3. The van der Waals surface area contributed by atoms with Gasteiger partial charge in [0.05, 0.1) is 26.4 Å². The van der Waals surface area contributed by atoms with Gasteiger partial charge in [-0.1, -0.05) is 55.8 Å². The number of benzene rings is 2. The van der Waals surface area contributed by atoms with Crippen LogP contribution in [0.1, 0.15) is 69.8 Å². The second-order valence-electron chi connectivity index (χ2n) is 17.8. The molecule has 3 fully saturated rings. The van der Waals surface area contributed by atoms with E-state index in [9.17, 15) is 9.59 Å². The molecule has 2 aromatic carbocycles. The number of aryl methyl sites for hydroxylation is 1. The Bertz CT molecular complexity index is 2220. The molecule has 2 bridgehead atoms. The normalized spacial score (nSPS) is 35.2. The number of likely N-dealkylation sites (N-methyl/N-ethyl adjacent to an activating group) is 1. The first kappa shape index (κ1) is 41.1. The number of aromatic nitrogens is 1. The summed E-state index contributed by atoms with van der Waals surface area (Å²) in [5.41, 5.74) is 2.68. The topological polar surface area (TPSA) is 112 Å². The van der Waals surface area contributed by atoms with Gasteiger partial charge in [0.2, 0.25) is 5.60 Å². The maximum absolute atomic E-state index is 15.7. The predicted molar refractivity (Wildman–Crippen MR) is 228 cm³/mol. The summed E-state index contributed by atoms with van der Waals surface area (Å²) in [4.78, 5) is 50.6. The lowest BCUT2D eigenvalue weighted by molar-refractivity contribution is -0.223. The average Bonchev–Trinajstić information content (AvgIpc) is 3.88. The van der Waals surface area contributed by atoms with Crippen LogP contribution in [0.15, 0.2) is 54.6 Å². The SMILES string of the molecule is CCOC1CN2CCc3c(n(CC)c4ccccc34)C(C(=O)OC)(c3ccc4c(c3)C35CCN6CC=CC(C(OC(C)=O)C(OCC)(C(=O)OC)C3N4C)C65)C(C2)C1CC. The van der Waals surface area contributed by atoms with Crippen LogP contribution in [0.5, 0.6) is 0 Å². The van der Waals surface area contributed by atoms with Crippen LogP contribution in [-0.2, 0) is 61.9 Å². The van der Waals surface area contributed by atoms with Gasteiger partial charge in [-0.15, -0.1) is 0 Å². The predicted octanol–water partition coefficient (Wildman–Crippen LogP) is 5.25. The van der Waals surface area contributed by atoms with Crippen molar-refractivity contribution >= 4 is 34.5 Å². The molecule has 1 aliphatic carbocycles. The number of nitrogens with zero attached hydrogens (tertiary/aromatic N) is 4. The molecule has 1 saturated carbocycles. The van der Waals surface area contributed by atoms with Gasteiger partial charge in [0.15, 0.2) is 6.10 Å². The van der Waals surface area contributed by atoms with E-state index >= 15 is 4.79 Å². The van der Waals surface area contributed by atoms with Crippen LogP contribution in [-0.4, -0.2) is 129 Å². The molecular weight excluding hydrogens is 761 g/mol. The number of rotatable bonds is 10. The number of fused-ring (bicyclic) bond motifs is 6. The number of methoxy groups -OCH3 is 2. The van der Waals surface area contributed by atoms with Crippen molar-refractivity contribution in [3.8, 4) is 0 Å². The molecule has 12 heteroatoms. The van der Waals surface area contributed by atoms with Crippen LogP contribution in [0, 0.1) is 17.8 Å². The Labute approximate surface area is 354 Å². The van der Waals surface area contributed by atoms with Crippen molar-refractivity contribution < 1.29 is 38.1 Å². The van der Waals surface area contributed by atoms with Crippen LogP contribution in [0.25, 0.3) is 10.9 Å². The van der Waals surface area contributed by atoms with E-state index in [0.29, 0.717) is 13.2 Å². The molecule has 12 nitrogen and oxygen atoms in total. The van der Waals surface area contributed by atoms with E-state index in [1.54, 1.807) is 0 Å². The monoisotopic (exact) mass is 822 g/mol. The largest absolute Gasteiger partial charge is 0.468 e. The number of anilines is 1. The second kappa shape index (κ2) is 15.3. The molecule has 11 atom stereocenters. The molecule has 0 N–H and O–H groups in total. The van der Waals surface area contributed by atoms with Gasteiger partial charge in [0.1, 0.15) is 5.41 Å². The van der Waals surface area contributed by atoms with Crippen molar-refractivity contribution in [1.29, 1.82) is 0 Å². The first-order valence-electron chi connectivity index (χ1n) is 22.3. The zero-order valence-corrected chi connectivity index (χ0v) is 36.6. The maximum atomic E-state index is 15.7. The van der Waals surface area contributed by atoms with Crippen molar-refractivity contribution in [3.05, 3.63) is 77.0 Å². The lowest BCUT2D eigenvalue weighted by atomic mass is 9.53. The van der Waals surface area contributed by atoms with Gasteiger partial charge < -0.3 is 38.1 Å². The number of esters is 3. The minimum atomic E-state index is -1.66. The molecule has 6 aliphatic rings. The third-order valence-electron chi connectivity index (χ3n) is 15.6. The van der Waals surface area contributed by atoms with Crippen molar-refractivity contribution in [2.75, 3.05) is 72.1 Å². The summed E-state index contributed by atoms with van der Waals surface area (Å²) in [5, 5.41) is 1.17.